The van der Waals surface area contributed by atoms with E-state index in [-0.39, 0.29) is 0 Å². The number of carbonyl (C=O) groups excluding carboxylic acids is 1. The lowest BCUT2D eigenvalue weighted by Gasteiger charge is -2.07. The molecule has 1 aromatic rings. The lowest BCUT2D eigenvalue weighted by atomic mass is 10.3. The summed E-state index contributed by atoms with van der Waals surface area (Å²) in [4.78, 5) is 9.90. The SMILES string of the molecule is O=CNNC(=S)Nc1ccccc1. The number of anilines is 1. The molecule has 1 aromatic carbocycles. The highest BCUT2D eigenvalue weighted by Crippen LogP contribution is 2.03. The van der Waals surface area contributed by atoms with Crippen LogP contribution < -0.4 is 16.2 Å². The van der Waals surface area contributed by atoms with Crippen LogP contribution in [-0.4, -0.2) is 11.5 Å². The van der Waals surface area contributed by atoms with E-state index in [1.807, 2.05) is 30.3 Å². The smallest absolute Gasteiger partial charge is 0.225 e. The van der Waals surface area contributed by atoms with Gasteiger partial charge in [-0.25, -0.2) is 0 Å². The summed E-state index contributed by atoms with van der Waals surface area (Å²) in [6.07, 6.45) is 0.513. The molecule has 0 spiro atoms. The zero-order valence-electron chi connectivity index (χ0n) is 6.78. The molecule has 1 rings (SSSR count). The van der Waals surface area contributed by atoms with Gasteiger partial charge in [-0.05, 0) is 24.4 Å². The molecule has 0 saturated heterocycles. The molecule has 1 amide bonds. The zero-order chi connectivity index (χ0) is 9.52. The quantitative estimate of drug-likeness (QED) is 0.376. The first-order valence-corrected chi connectivity index (χ1v) is 4.05. The number of benzene rings is 1. The Bertz CT molecular complexity index is 289. The van der Waals surface area contributed by atoms with Crippen molar-refractivity contribution in [3.63, 3.8) is 0 Å². The van der Waals surface area contributed by atoms with Crippen LogP contribution >= 0.6 is 12.2 Å². The van der Waals surface area contributed by atoms with Crippen LogP contribution in [0.1, 0.15) is 0 Å². The van der Waals surface area contributed by atoms with Gasteiger partial charge in [-0.15, -0.1) is 0 Å². The van der Waals surface area contributed by atoms with Gasteiger partial charge in [-0.1, -0.05) is 18.2 Å². The Kier molecular flexibility index (Phi) is 3.72. The number of carbonyl (C=O) groups is 1. The van der Waals surface area contributed by atoms with E-state index >= 15 is 0 Å². The molecule has 0 aliphatic rings. The Morgan fingerprint density at radius 1 is 1.31 bits per heavy atom. The number of nitrogens with one attached hydrogen (secondary N) is 3. The summed E-state index contributed by atoms with van der Waals surface area (Å²) in [5, 5.41) is 3.22. The highest BCUT2D eigenvalue weighted by Gasteiger charge is 1.93. The van der Waals surface area contributed by atoms with Gasteiger partial charge in [-0.2, -0.15) is 0 Å². The second-order valence-corrected chi connectivity index (χ2v) is 2.62. The molecule has 0 bridgehead atoms. The van der Waals surface area contributed by atoms with E-state index < -0.39 is 0 Å². The molecule has 13 heavy (non-hydrogen) atoms. The van der Waals surface area contributed by atoms with Crippen molar-refractivity contribution >= 4 is 29.4 Å². The molecule has 3 N–H and O–H groups in total. The number of hydrogen-bond donors (Lipinski definition) is 3. The van der Waals surface area contributed by atoms with Crippen LogP contribution in [-0.2, 0) is 4.79 Å². The molecule has 0 atom stereocenters. The van der Waals surface area contributed by atoms with Crippen LogP contribution in [0.2, 0.25) is 0 Å². The number of para-hydroxylation sites is 1. The van der Waals surface area contributed by atoms with Crippen LogP contribution in [0.15, 0.2) is 30.3 Å². The fourth-order valence-corrected chi connectivity index (χ4v) is 0.956. The molecule has 0 radical (unpaired) electrons. The first-order chi connectivity index (χ1) is 6.33. The second kappa shape index (κ2) is 5.10. The maximum atomic E-state index is 9.90. The highest BCUT2D eigenvalue weighted by molar-refractivity contribution is 7.80. The Labute approximate surface area is 81.3 Å². The van der Waals surface area contributed by atoms with Crippen LogP contribution in [0, 0.1) is 0 Å². The minimum absolute atomic E-state index is 0.346. The average molecular weight is 195 g/mol. The van der Waals surface area contributed by atoms with Crippen molar-refractivity contribution in [2.24, 2.45) is 0 Å². The molecule has 0 aliphatic carbocycles. The van der Waals surface area contributed by atoms with E-state index in [4.69, 9.17) is 12.2 Å². The maximum Gasteiger partial charge on any atom is 0.225 e. The normalized spacial score (nSPS) is 8.62. The van der Waals surface area contributed by atoms with Crippen molar-refractivity contribution in [1.29, 1.82) is 0 Å². The average Bonchev–Trinajstić information content (AvgIpc) is 2.16. The topological polar surface area (TPSA) is 53.2 Å². The minimum Gasteiger partial charge on any atom is -0.331 e. The first-order valence-electron chi connectivity index (χ1n) is 3.64. The molecule has 5 heteroatoms. The third-order valence-electron chi connectivity index (χ3n) is 1.28. The van der Waals surface area contributed by atoms with Gasteiger partial charge in [0.15, 0.2) is 5.11 Å². The van der Waals surface area contributed by atoms with Gasteiger partial charge in [-0.3, -0.25) is 15.6 Å². The molecule has 0 aromatic heterocycles. The largest absolute Gasteiger partial charge is 0.331 e. The summed E-state index contributed by atoms with van der Waals surface area (Å²) in [6, 6.07) is 9.42. The first kappa shape index (κ1) is 9.47. The highest BCUT2D eigenvalue weighted by atomic mass is 32.1. The summed E-state index contributed by atoms with van der Waals surface area (Å²) >= 11 is 4.86. The van der Waals surface area contributed by atoms with E-state index in [2.05, 4.69) is 16.2 Å². The third kappa shape index (κ3) is 3.53. The molecule has 0 unspecified atom stereocenters. The van der Waals surface area contributed by atoms with E-state index in [1.54, 1.807) is 0 Å². The molecule has 0 heterocycles. The summed E-state index contributed by atoms with van der Waals surface area (Å²) in [7, 11) is 0. The number of amides is 1. The van der Waals surface area contributed by atoms with Crippen LogP contribution in [0.25, 0.3) is 0 Å². The molecule has 4 nitrogen and oxygen atoms in total. The predicted molar refractivity (Wildman–Crippen MR) is 55.0 cm³/mol. The van der Waals surface area contributed by atoms with Crippen molar-refractivity contribution in [2.75, 3.05) is 5.32 Å². The fourth-order valence-electron chi connectivity index (χ4n) is 0.779. The van der Waals surface area contributed by atoms with Gasteiger partial charge < -0.3 is 5.32 Å². The molecular formula is C8H9N3OS. The molecule has 0 fully saturated rings. The number of hydrazine groups is 1. The number of thiocarbonyl (C=S) groups is 1. The van der Waals surface area contributed by atoms with E-state index in [0.29, 0.717) is 11.5 Å². The van der Waals surface area contributed by atoms with Gasteiger partial charge in [0.05, 0.1) is 0 Å². The number of hydrogen-bond acceptors (Lipinski definition) is 2. The van der Waals surface area contributed by atoms with E-state index in [9.17, 15) is 4.79 Å². The minimum atomic E-state index is 0.346. The van der Waals surface area contributed by atoms with E-state index in [1.165, 1.54) is 0 Å². The lowest BCUT2D eigenvalue weighted by molar-refractivity contribution is -0.110. The van der Waals surface area contributed by atoms with Crippen molar-refractivity contribution in [3.8, 4) is 0 Å². The summed E-state index contributed by atoms with van der Waals surface area (Å²) in [5.74, 6) is 0. The van der Waals surface area contributed by atoms with Gasteiger partial charge >= 0.3 is 0 Å². The Morgan fingerprint density at radius 2 is 2.00 bits per heavy atom. The number of rotatable bonds is 3. The second-order valence-electron chi connectivity index (χ2n) is 2.21. The monoisotopic (exact) mass is 195 g/mol. The lowest BCUT2D eigenvalue weighted by Crippen LogP contribution is -2.39. The van der Waals surface area contributed by atoms with Crippen molar-refractivity contribution < 1.29 is 4.79 Å². The Balaban J connectivity index is 2.41. The van der Waals surface area contributed by atoms with E-state index in [0.717, 1.165) is 5.69 Å². The third-order valence-corrected chi connectivity index (χ3v) is 1.48. The van der Waals surface area contributed by atoms with Gasteiger partial charge in [0.1, 0.15) is 0 Å². The summed E-state index contributed by atoms with van der Waals surface area (Å²) < 4.78 is 0. The van der Waals surface area contributed by atoms with Crippen molar-refractivity contribution in [2.45, 2.75) is 0 Å². The fraction of sp³-hybridized carbons (Fsp3) is 0. The maximum absolute atomic E-state index is 9.90. The molecule has 0 aliphatic heterocycles. The predicted octanol–water partition coefficient (Wildman–Crippen LogP) is 0.634. The van der Waals surface area contributed by atoms with Crippen molar-refractivity contribution in [3.05, 3.63) is 30.3 Å². The molecule has 0 saturated carbocycles. The van der Waals surface area contributed by atoms with Gasteiger partial charge in [0.2, 0.25) is 6.41 Å². The van der Waals surface area contributed by atoms with Gasteiger partial charge in [0, 0.05) is 5.69 Å². The molecular weight excluding hydrogens is 186 g/mol. The van der Waals surface area contributed by atoms with Crippen LogP contribution in [0.5, 0.6) is 0 Å². The molecule has 68 valence electrons. The Hall–Kier alpha value is -1.62. The van der Waals surface area contributed by atoms with Crippen LogP contribution in [0.4, 0.5) is 5.69 Å². The summed E-state index contributed by atoms with van der Waals surface area (Å²) in [5.41, 5.74) is 5.59. The van der Waals surface area contributed by atoms with Gasteiger partial charge in [0.25, 0.3) is 0 Å². The standard InChI is InChI=1S/C8H9N3OS/c12-6-9-11-8(13)10-7-4-2-1-3-5-7/h1-6H,(H,9,12)(H2,10,11,13). The Morgan fingerprint density at radius 3 is 2.62 bits per heavy atom. The zero-order valence-corrected chi connectivity index (χ0v) is 7.60. The summed E-state index contributed by atoms with van der Waals surface area (Å²) in [6.45, 7) is 0. The van der Waals surface area contributed by atoms with Crippen molar-refractivity contribution in [1.82, 2.24) is 10.9 Å². The van der Waals surface area contributed by atoms with Crippen LogP contribution in [0.3, 0.4) is 0 Å².